The third kappa shape index (κ3) is 3.37. The van der Waals surface area contributed by atoms with E-state index in [0.717, 1.165) is 55.1 Å². The first kappa shape index (κ1) is 28.8. The number of rotatable bonds is 3. The highest BCUT2D eigenvalue weighted by Gasteiger charge is 2.68. The molecule has 5 aromatic carbocycles. The summed E-state index contributed by atoms with van der Waals surface area (Å²) in [5.74, 6) is -4.68. The van der Waals surface area contributed by atoms with Gasteiger partial charge in [0.2, 0.25) is 11.8 Å². The van der Waals surface area contributed by atoms with Crippen molar-refractivity contribution in [1.82, 2.24) is 5.01 Å². The van der Waals surface area contributed by atoms with Gasteiger partial charge in [0, 0.05) is 24.0 Å². The molecule has 4 bridgehead atoms. The van der Waals surface area contributed by atoms with Crippen LogP contribution >= 0.6 is 0 Å². The number of nitrogens with zero attached hydrogens (tertiary/aromatic N) is 3. The number of anilines is 1. The van der Waals surface area contributed by atoms with Gasteiger partial charge in [0.25, 0.3) is 11.8 Å². The zero-order valence-corrected chi connectivity index (χ0v) is 27.6. The first-order valence-corrected chi connectivity index (χ1v) is 17.7. The molecule has 2 fully saturated rings. The van der Waals surface area contributed by atoms with Crippen LogP contribution in [0, 0.1) is 30.6 Å². The van der Waals surface area contributed by atoms with Crippen LogP contribution < -0.4 is 4.90 Å². The molecule has 246 valence electrons. The van der Waals surface area contributed by atoms with Crippen LogP contribution in [0.3, 0.4) is 0 Å². The average Bonchev–Trinajstić information content (AvgIpc) is 3.59. The first-order chi connectivity index (χ1) is 24.9. The number of hydrazone groups is 1. The van der Waals surface area contributed by atoms with Crippen molar-refractivity contribution in [2.75, 3.05) is 4.90 Å². The van der Waals surface area contributed by atoms with Crippen LogP contribution in [0.2, 0.25) is 0 Å². The minimum atomic E-state index is -1.20. The van der Waals surface area contributed by atoms with E-state index in [4.69, 9.17) is 5.10 Å². The quantitative estimate of drug-likeness (QED) is 0.164. The predicted molar refractivity (Wildman–Crippen MR) is 190 cm³/mol. The van der Waals surface area contributed by atoms with Crippen LogP contribution in [0.1, 0.15) is 67.8 Å². The molecule has 7 nitrogen and oxygen atoms in total. The highest BCUT2D eigenvalue weighted by Crippen LogP contribution is 2.64. The summed E-state index contributed by atoms with van der Waals surface area (Å²) in [6, 6.07) is 39.7. The van der Waals surface area contributed by atoms with Crippen molar-refractivity contribution in [2.45, 2.75) is 30.1 Å². The van der Waals surface area contributed by atoms with E-state index in [1.54, 1.807) is 6.21 Å². The lowest BCUT2D eigenvalue weighted by Crippen LogP contribution is -2.55. The van der Waals surface area contributed by atoms with E-state index in [2.05, 4.69) is 24.3 Å². The largest absolute Gasteiger partial charge is 0.274 e. The third-order valence-electron chi connectivity index (χ3n) is 12.8. The zero-order chi connectivity index (χ0) is 34.3. The highest BCUT2D eigenvalue weighted by molar-refractivity contribution is 6.25. The maximum atomic E-state index is 14.8. The molecule has 7 heteroatoms. The number of hydrogen-bond acceptors (Lipinski definition) is 5. The van der Waals surface area contributed by atoms with Crippen molar-refractivity contribution in [1.29, 1.82) is 0 Å². The number of benzene rings is 5. The summed E-state index contributed by atoms with van der Waals surface area (Å²) in [7, 11) is 0. The molecule has 0 unspecified atom stereocenters. The Morgan fingerprint density at radius 2 is 0.941 bits per heavy atom. The Morgan fingerprint density at radius 1 is 0.510 bits per heavy atom. The number of hydrogen-bond donors (Lipinski definition) is 0. The minimum absolute atomic E-state index is 0.243. The summed E-state index contributed by atoms with van der Waals surface area (Å²) in [5.41, 5.74) is 8.42. The van der Waals surface area contributed by atoms with Gasteiger partial charge in [-0.25, -0.2) is 4.90 Å². The molecule has 8 aliphatic rings. The second kappa shape index (κ2) is 9.85. The van der Waals surface area contributed by atoms with Crippen LogP contribution in [0.25, 0.3) is 0 Å². The molecule has 0 N–H and O–H groups in total. The second-order valence-electron chi connectivity index (χ2n) is 14.9. The molecule has 4 amide bonds. The summed E-state index contributed by atoms with van der Waals surface area (Å²) >= 11 is 0. The minimum Gasteiger partial charge on any atom is -0.274 e. The third-order valence-corrected chi connectivity index (χ3v) is 12.8. The van der Waals surface area contributed by atoms with Gasteiger partial charge in [0.05, 0.1) is 34.8 Å². The predicted octanol–water partition coefficient (Wildman–Crippen LogP) is 6.42. The van der Waals surface area contributed by atoms with Crippen LogP contribution in [-0.2, 0) is 24.6 Å². The monoisotopic (exact) mass is 665 g/mol. The Balaban J connectivity index is 1.09. The maximum absolute atomic E-state index is 14.8. The standard InChI is InChI=1S/C44H31N3O4/c1-23-18-20-24(21-19-23)46-40(48)38-35-29-14-6-8-16-31(29)44(39(38)43(46)51,32-17-9-7-15-30(32)35)22-45-47-41(49)36-33-25-10-2-3-11-26(25)34(37(36)42(47)50)28-13-5-4-12-27(28)33/h2-22,33-39H,1H3/b45-22-/t33?,34?,35?,36-,37+,38-,39-,44?/m1/s1. The van der Waals surface area contributed by atoms with Crippen molar-refractivity contribution < 1.29 is 19.2 Å². The molecular weight excluding hydrogens is 635 g/mol. The highest BCUT2D eigenvalue weighted by atomic mass is 16.2. The van der Waals surface area contributed by atoms with Gasteiger partial charge in [-0.05, 0) is 63.6 Å². The Labute approximate surface area is 294 Å². The molecule has 2 heterocycles. The normalized spacial score (nSPS) is 30.3. The van der Waals surface area contributed by atoms with Gasteiger partial charge >= 0.3 is 0 Å². The summed E-state index contributed by atoms with van der Waals surface area (Å²) < 4.78 is 0. The summed E-state index contributed by atoms with van der Waals surface area (Å²) in [6.45, 7) is 1.97. The lowest BCUT2D eigenvalue weighted by atomic mass is 9.47. The van der Waals surface area contributed by atoms with E-state index < -0.39 is 29.1 Å². The van der Waals surface area contributed by atoms with Gasteiger partial charge in [0.1, 0.15) is 0 Å². The molecular formula is C44H31N3O4. The van der Waals surface area contributed by atoms with Crippen molar-refractivity contribution in [3.05, 3.63) is 171 Å². The Kier molecular flexibility index (Phi) is 5.57. The van der Waals surface area contributed by atoms with E-state index in [1.807, 2.05) is 104 Å². The van der Waals surface area contributed by atoms with Crippen LogP contribution in [-0.4, -0.2) is 34.9 Å². The number of imide groups is 2. The van der Waals surface area contributed by atoms with Gasteiger partial charge in [-0.2, -0.15) is 10.1 Å². The molecule has 4 atom stereocenters. The van der Waals surface area contributed by atoms with Gasteiger partial charge in [-0.1, -0.05) is 115 Å². The van der Waals surface area contributed by atoms with Gasteiger partial charge < -0.3 is 0 Å². The van der Waals surface area contributed by atoms with Crippen LogP contribution in [0.15, 0.2) is 126 Å². The molecule has 13 rings (SSSR count). The Hall–Kier alpha value is -5.95. The average molecular weight is 666 g/mol. The van der Waals surface area contributed by atoms with Crippen molar-refractivity contribution >= 4 is 35.5 Å². The molecule has 0 spiro atoms. The topological polar surface area (TPSA) is 87.1 Å². The molecule has 0 radical (unpaired) electrons. The molecule has 0 aromatic heterocycles. The lowest BCUT2D eigenvalue weighted by Gasteiger charge is -2.52. The van der Waals surface area contributed by atoms with E-state index >= 15 is 0 Å². The molecule has 5 aromatic rings. The van der Waals surface area contributed by atoms with Crippen molar-refractivity contribution in [3.63, 3.8) is 0 Å². The van der Waals surface area contributed by atoms with Gasteiger partial charge in [-0.15, -0.1) is 0 Å². The number of carbonyl (C=O) groups excluding carboxylic acids is 4. The second-order valence-corrected chi connectivity index (χ2v) is 14.9. The summed E-state index contributed by atoms with van der Waals surface area (Å²) in [6.07, 6.45) is 1.66. The van der Waals surface area contributed by atoms with E-state index in [9.17, 15) is 19.2 Å². The smallest absolute Gasteiger partial charge is 0.254 e. The van der Waals surface area contributed by atoms with Gasteiger partial charge in [0.15, 0.2) is 0 Å². The molecule has 0 saturated carbocycles. The van der Waals surface area contributed by atoms with Crippen molar-refractivity contribution in [3.8, 4) is 0 Å². The Morgan fingerprint density at radius 3 is 1.43 bits per heavy atom. The van der Waals surface area contributed by atoms with Crippen LogP contribution in [0.5, 0.6) is 0 Å². The molecule has 51 heavy (non-hydrogen) atoms. The fraction of sp³-hybridized carbons (Fsp3) is 0.205. The van der Waals surface area contributed by atoms with E-state index in [-0.39, 0.29) is 41.4 Å². The number of carbonyl (C=O) groups is 4. The van der Waals surface area contributed by atoms with E-state index in [0.29, 0.717) is 5.69 Å². The Bertz CT molecular complexity index is 2290. The van der Waals surface area contributed by atoms with E-state index in [1.165, 1.54) is 4.90 Å². The number of amides is 4. The number of aryl methyl sites for hydroxylation is 1. The SMILES string of the molecule is Cc1ccc(N2C(=O)[C@@H]3C4c5ccccc5C(/C=N\N5C(=O)[C@@H]6C7c8ccccc8C(c8ccccc87)[C@@H]6C5=O)(c5ccccc54)[C@H]3C2=O)cc1. The molecule has 2 saturated heterocycles. The van der Waals surface area contributed by atoms with Crippen LogP contribution in [0.4, 0.5) is 5.69 Å². The fourth-order valence-electron chi connectivity index (χ4n) is 10.9. The van der Waals surface area contributed by atoms with Gasteiger partial charge in [-0.3, -0.25) is 19.2 Å². The van der Waals surface area contributed by atoms with Crippen molar-refractivity contribution in [2.24, 2.45) is 28.8 Å². The fourth-order valence-corrected chi connectivity index (χ4v) is 10.9. The summed E-state index contributed by atoms with van der Waals surface area (Å²) in [5, 5.41) is 5.96. The zero-order valence-electron chi connectivity index (χ0n) is 27.6. The maximum Gasteiger partial charge on any atom is 0.254 e. The first-order valence-electron chi connectivity index (χ1n) is 17.7. The lowest BCUT2D eigenvalue weighted by molar-refractivity contribution is -0.140. The molecule has 2 aliphatic heterocycles. The summed E-state index contributed by atoms with van der Waals surface area (Å²) in [4.78, 5) is 59.9. The molecule has 6 aliphatic carbocycles.